The van der Waals surface area contributed by atoms with Crippen molar-refractivity contribution in [2.24, 2.45) is 11.8 Å². The van der Waals surface area contributed by atoms with E-state index in [2.05, 4.69) is 0 Å². The van der Waals surface area contributed by atoms with E-state index in [4.69, 9.17) is 4.74 Å². The SMILES string of the molecule is CC(C)COC(=O)N1CCC(CCS(C)(=O)=O)CC1. The van der Waals surface area contributed by atoms with E-state index in [-0.39, 0.29) is 11.8 Å². The Kier molecular flexibility index (Phi) is 6.10. The summed E-state index contributed by atoms with van der Waals surface area (Å²) in [5.41, 5.74) is 0. The van der Waals surface area contributed by atoms with Crippen LogP contribution in [0.5, 0.6) is 0 Å². The molecule has 1 rings (SSSR count). The monoisotopic (exact) mass is 291 g/mol. The molecule has 1 amide bonds. The third-order valence-corrected chi connectivity index (χ3v) is 4.29. The number of amides is 1. The molecule has 1 aliphatic heterocycles. The predicted octanol–water partition coefficient (Wildman–Crippen LogP) is 1.93. The van der Waals surface area contributed by atoms with Gasteiger partial charge in [0.2, 0.25) is 0 Å². The topological polar surface area (TPSA) is 63.7 Å². The zero-order valence-corrected chi connectivity index (χ0v) is 12.9. The van der Waals surface area contributed by atoms with Crippen molar-refractivity contribution < 1.29 is 17.9 Å². The Hall–Kier alpha value is -0.780. The van der Waals surface area contributed by atoms with E-state index in [0.717, 1.165) is 12.8 Å². The van der Waals surface area contributed by atoms with Gasteiger partial charge in [-0.3, -0.25) is 0 Å². The molecular weight excluding hydrogens is 266 g/mol. The van der Waals surface area contributed by atoms with E-state index in [1.54, 1.807) is 4.90 Å². The molecule has 1 saturated heterocycles. The van der Waals surface area contributed by atoms with E-state index >= 15 is 0 Å². The van der Waals surface area contributed by atoms with Gasteiger partial charge in [0.15, 0.2) is 0 Å². The van der Waals surface area contributed by atoms with Crippen molar-refractivity contribution in [1.82, 2.24) is 4.90 Å². The number of piperidine rings is 1. The lowest BCUT2D eigenvalue weighted by molar-refractivity contribution is 0.0787. The number of hydrogen-bond donors (Lipinski definition) is 0. The first-order chi connectivity index (χ1) is 8.78. The molecule has 0 aliphatic carbocycles. The molecule has 19 heavy (non-hydrogen) atoms. The van der Waals surface area contributed by atoms with Crippen molar-refractivity contribution in [3.8, 4) is 0 Å². The number of rotatable bonds is 5. The summed E-state index contributed by atoms with van der Waals surface area (Å²) in [6.45, 7) is 5.80. The van der Waals surface area contributed by atoms with Gasteiger partial charge in [0.05, 0.1) is 12.4 Å². The number of hydrogen-bond acceptors (Lipinski definition) is 4. The summed E-state index contributed by atoms with van der Waals surface area (Å²) in [6.07, 6.45) is 3.47. The molecule has 0 N–H and O–H groups in total. The Morgan fingerprint density at radius 2 is 1.89 bits per heavy atom. The number of carbonyl (C=O) groups excluding carboxylic acids is 1. The Bertz CT molecular complexity index is 383. The summed E-state index contributed by atoms with van der Waals surface area (Å²) in [4.78, 5) is 13.5. The van der Waals surface area contributed by atoms with Crippen LogP contribution in [0.1, 0.15) is 33.1 Å². The number of carbonyl (C=O) groups is 1. The smallest absolute Gasteiger partial charge is 0.409 e. The lowest BCUT2D eigenvalue weighted by Gasteiger charge is -2.31. The molecule has 0 saturated carbocycles. The van der Waals surface area contributed by atoms with Crippen molar-refractivity contribution in [1.29, 1.82) is 0 Å². The second-order valence-corrected chi connectivity index (χ2v) is 8.08. The van der Waals surface area contributed by atoms with E-state index in [1.807, 2.05) is 13.8 Å². The molecule has 5 nitrogen and oxygen atoms in total. The highest BCUT2D eigenvalue weighted by Gasteiger charge is 2.24. The Labute approximate surface area is 116 Å². The number of ether oxygens (including phenoxy) is 1. The molecule has 0 spiro atoms. The van der Waals surface area contributed by atoms with Crippen LogP contribution in [-0.2, 0) is 14.6 Å². The zero-order chi connectivity index (χ0) is 14.5. The minimum Gasteiger partial charge on any atom is -0.449 e. The average Bonchev–Trinajstić information content (AvgIpc) is 2.33. The number of likely N-dealkylation sites (tertiary alicyclic amines) is 1. The van der Waals surface area contributed by atoms with Crippen LogP contribution >= 0.6 is 0 Å². The van der Waals surface area contributed by atoms with E-state index in [0.29, 0.717) is 38.0 Å². The van der Waals surface area contributed by atoms with Crippen molar-refractivity contribution in [2.45, 2.75) is 33.1 Å². The summed E-state index contributed by atoms with van der Waals surface area (Å²) in [7, 11) is -2.88. The molecule has 0 aromatic carbocycles. The molecule has 0 aromatic heterocycles. The molecule has 6 heteroatoms. The van der Waals surface area contributed by atoms with Crippen molar-refractivity contribution in [2.75, 3.05) is 31.7 Å². The van der Waals surface area contributed by atoms with Crippen LogP contribution in [0, 0.1) is 11.8 Å². The van der Waals surface area contributed by atoms with E-state index in [9.17, 15) is 13.2 Å². The second-order valence-electron chi connectivity index (χ2n) is 5.82. The van der Waals surface area contributed by atoms with Crippen LogP contribution in [0.25, 0.3) is 0 Å². The predicted molar refractivity (Wildman–Crippen MR) is 74.8 cm³/mol. The maximum atomic E-state index is 11.7. The highest BCUT2D eigenvalue weighted by atomic mass is 32.2. The van der Waals surface area contributed by atoms with Gasteiger partial charge in [-0.25, -0.2) is 13.2 Å². The molecule has 1 aliphatic rings. The molecule has 0 bridgehead atoms. The van der Waals surface area contributed by atoms with Crippen LogP contribution in [0.2, 0.25) is 0 Å². The van der Waals surface area contributed by atoms with Crippen LogP contribution in [-0.4, -0.2) is 51.1 Å². The molecule has 112 valence electrons. The fourth-order valence-electron chi connectivity index (χ4n) is 2.11. The Morgan fingerprint density at radius 3 is 2.37 bits per heavy atom. The normalized spacial score (nSPS) is 17.8. The summed E-state index contributed by atoms with van der Waals surface area (Å²) < 4.78 is 27.4. The van der Waals surface area contributed by atoms with E-state index < -0.39 is 9.84 Å². The first-order valence-electron chi connectivity index (χ1n) is 6.87. The lowest BCUT2D eigenvalue weighted by atomic mass is 9.95. The maximum Gasteiger partial charge on any atom is 0.409 e. The maximum absolute atomic E-state index is 11.7. The van der Waals surface area contributed by atoms with Crippen molar-refractivity contribution >= 4 is 15.9 Å². The van der Waals surface area contributed by atoms with Gasteiger partial charge < -0.3 is 9.64 Å². The van der Waals surface area contributed by atoms with Gasteiger partial charge in [0, 0.05) is 19.3 Å². The summed E-state index contributed by atoms with van der Waals surface area (Å²) in [5, 5.41) is 0. The summed E-state index contributed by atoms with van der Waals surface area (Å²) >= 11 is 0. The largest absolute Gasteiger partial charge is 0.449 e. The van der Waals surface area contributed by atoms with Crippen molar-refractivity contribution in [3.05, 3.63) is 0 Å². The fourth-order valence-corrected chi connectivity index (χ4v) is 2.88. The summed E-state index contributed by atoms with van der Waals surface area (Å²) in [6, 6.07) is 0. The second kappa shape index (κ2) is 7.12. The Balaban J connectivity index is 2.26. The van der Waals surface area contributed by atoms with Gasteiger partial charge in [-0.1, -0.05) is 13.8 Å². The highest BCUT2D eigenvalue weighted by molar-refractivity contribution is 7.90. The Morgan fingerprint density at radius 1 is 1.32 bits per heavy atom. The minimum atomic E-state index is -2.88. The minimum absolute atomic E-state index is 0.240. The third kappa shape index (κ3) is 6.80. The molecule has 0 unspecified atom stereocenters. The number of nitrogens with zero attached hydrogens (tertiary/aromatic N) is 1. The number of sulfone groups is 1. The molecule has 0 aromatic rings. The highest BCUT2D eigenvalue weighted by Crippen LogP contribution is 2.21. The lowest BCUT2D eigenvalue weighted by Crippen LogP contribution is -2.39. The van der Waals surface area contributed by atoms with Gasteiger partial charge in [-0.2, -0.15) is 0 Å². The van der Waals surface area contributed by atoms with Gasteiger partial charge in [-0.05, 0) is 31.1 Å². The van der Waals surface area contributed by atoms with Gasteiger partial charge in [0.25, 0.3) is 0 Å². The van der Waals surface area contributed by atoms with Crippen LogP contribution in [0.15, 0.2) is 0 Å². The molecule has 1 heterocycles. The van der Waals surface area contributed by atoms with Gasteiger partial charge >= 0.3 is 6.09 Å². The standard InChI is InChI=1S/C13H25NO4S/c1-11(2)10-18-13(15)14-7-4-12(5-8-14)6-9-19(3,16)17/h11-12H,4-10H2,1-3H3. The molecule has 0 radical (unpaired) electrons. The molecule has 1 fully saturated rings. The fraction of sp³-hybridized carbons (Fsp3) is 0.923. The molecule has 0 atom stereocenters. The van der Waals surface area contributed by atoms with Gasteiger partial charge in [0.1, 0.15) is 9.84 Å². The zero-order valence-electron chi connectivity index (χ0n) is 12.1. The van der Waals surface area contributed by atoms with Crippen LogP contribution < -0.4 is 0 Å². The average molecular weight is 291 g/mol. The van der Waals surface area contributed by atoms with E-state index in [1.165, 1.54) is 6.26 Å². The first kappa shape index (κ1) is 16.3. The van der Waals surface area contributed by atoms with Crippen LogP contribution in [0.3, 0.4) is 0 Å². The summed E-state index contributed by atoms with van der Waals surface area (Å²) in [5.74, 6) is 0.996. The van der Waals surface area contributed by atoms with Crippen LogP contribution in [0.4, 0.5) is 4.79 Å². The van der Waals surface area contributed by atoms with Gasteiger partial charge in [-0.15, -0.1) is 0 Å². The first-order valence-corrected chi connectivity index (χ1v) is 8.93. The third-order valence-electron chi connectivity index (χ3n) is 3.31. The van der Waals surface area contributed by atoms with Crippen molar-refractivity contribution in [3.63, 3.8) is 0 Å². The quantitative estimate of drug-likeness (QED) is 0.776. The molecular formula is C13H25NO4S.